The Bertz CT molecular complexity index is 787. The molecule has 0 bridgehead atoms. The molecule has 4 nitrogen and oxygen atoms in total. The molecule has 3 rings (SSSR count). The van der Waals surface area contributed by atoms with Crippen LogP contribution in [0.5, 0.6) is 5.75 Å². The van der Waals surface area contributed by atoms with Crippen LogP contribution < -0.4 is 10.1 Å². The number of hydrogen-bond donors (Lipinski definition) is 1. The fraction of sp³-hybridized carbons (Fsp3) is 0.118. The van der Waals surface area contributed by atoms with E-state index in [0.29, 0.717) is 11.4 Å². The highest BCUT2D eigenvalue weighted by atomic mass is 16.5. The normalized spacial score (nSPS) is 10.6. The zero-order valence-electron chi connectivity index (χ0n) is 11.8. The minimum Gasteiger partial charge on any atom is -0.497 e. The molecule has 0 saturated carbocycles. The van der Waals surface area contributed by atoms with Crippen molar-refractivity contribution in [2.24, 2.45) is 0 Å². The largest absolute Gasteiger partial charge is 0.497 e. The number of anilines is 1. The molecule has 106 valence electrons. The van der Waals surface area contributed by atoms with E-state index >= 15 is 0 Å². The Morgan fingerprint density at radius 2 is 1.86 bits per heavy atom. The van der Waals surface area contributed by atoms with Gasteiger partial charge in [0, 0.05) is 11.1 Å². The quantitative estimate of drug-likeness (QED) is 0.789. The molecular weight excluding hydrogens is 266 g/mol. The summed E-state index contributed by atoms with van der Waals surface area (Å²) < 4.78 is 10.7. The SMILES string of the molecule is COc1ccc(NC(=O)c2cc3ccc(C)cc3o2)cc1. The summed E-state index contributed by atoms with van der Waals surface area (Å²) in [4.78, 5) is 12.2. The lowest BCUT2D eigenvalue weighted by molar-refractivity contribution is 0.0998. The van der Waals surface area contributed by atoms with Crippen LogP contribution in [0.2, 0.25) is 0 Å². The van der Waals surface area contributed by atoms with Gasteiger partial charge in [0.15, 0.2) is 5.76 Å². The van der Waals surface area contributed by atoms with Crippen LogP contribution in [0.4, 0.5) is 5.69 Å². The van der Waals surface area contributed by atoms with Crippen LogP contribution in [-0.2, 0) is 0 Å². The summed E-state index contributed by atoms with van der Waals surface area (Å²) in [6.07, 6.45) is 0. The van der Waals surface area contributed by atoms with Crippen LogP contribution in [0.1, 0.15) is 16.1 Å². The van der Waals surface area contributed by atoms with Crippen molar-refractivity contribution >= 4 is 22.6 Å². The predicted molar refractivity (Wildman–Crippen MR) is 81.9 cm³/mol. The number of ether oxygens (including phenoxy) is 1. The third-order valence-electron chi connectivity index (χ3n) is 3.25. The first-order valence-electron chi connectivity index (χ1n) is 6.61. The molecule has 1 N–H and O–H groups in total. The number of aryl methyl sites for hydroxylation is 1. The third kappa shape index (κ3) is 2.74. The van der Waals surface area contributed by atoms with Gasteiger partial charge in [-0.25, -0.2) is 0 Å². The number of fused-ring (bicyclic) bond motifs is 1. The van der Waals surface area contributed by atoms with Crippen LogP contribution in [0.3, 0.4) is 0 Å². The maximum atomic E-state index is 12.2. The molecule has 1 heterocycles. The summed E-state index contributed by atoms with van der Waals surface area (Å²) in [6.45, 7) is 1.99. The van der Waals surface area contributed by atoms with Crippen LogP contribution in [0.15, 0.2) is 52.9 Å². The van der Waals surface area contributed by atoms with Crippen molar-refractivity contribution in [2.75, 3.05) is 12.4 Å². The lowest BCUT2D eigenvalue weighted by atomic mass is 10.2. The van der Waals surface area contributed by atoms with Gasteiger partial charge in [-0.1, -0.05) is 12.1 Å². The zero-order chi connectivity index (χ0) is 14.8. The van der Waals surface area contributed by atoms with E-state index in [-0.39, 0.29) is 5.91 Å². The molecule has 21 heavy (non-hydrogen) atoms. The van der Waals surface area contributed by atoms with Crippen molar-refractivity contribution < 1.29 is 13.9 Å². The first-order chi connectivity index (χ1) is 10.2. The van der Waals surface area contributed by atoms with E-state index in [1.807, 2.05) is 25.1 Å². The molecule has 3 aromatic rings. The molecule has 0 saturated heterocycles. The molecule has 0 aliphatic rings. The molecule has 0 aliphatic heterocycles. The molecule has 0 atom stereocenters. The number of carbonyl (C=O) groups is 1. The fourth-order valence-corrected chi connectivity index (χ4v) is 2.12. The Balaban J connectivity index is 1.82. The van der Waals surface area contributed by atoms with Crippen molar-refractivity contribution in [1.82, 2.24) is 0 Å². The lowest BCUT2D eigenvalue weighted by Crippen LogP contribution is -2.10. The van der Waals surface area contributed by atoms with E-state index in [2.05, 4.69) is 5.32 Å². The van der Waals surface area contributed by atoms with Gasteiger partial charge in [-0.3, -0.25) is 4.79 Å². The predicted octanol–water partition coefficient (Wildman–Crippen LogP) is 4.00. The summed E-state index contributed by atoms with van der Waals surface area (Å²) in [5, 5.41) is 3.71. The van der Waals surface area contributed by atoms with Crippen LogP contribution in [-0.4, -0.2) is 13.0 Å². The molecule has 0 unspecified atom stereocenters. The van der Waals surface area contributed by atoms with Crippen molar-refractivity contribution in [3.63, 3.8) is 0 Å². The molecule has 2 aromatic carbocycles. The Labute approximate surface area is 122 Å². The summed E-state index contributed by atoms with van der Waals surface area (Å²) in [5.74, 6) is 0.771. The molecule has 1 aromatic heterocycles. The van der Waals surface area contributed by atoms with Crippen molar-refractivity contribution in [2.45, 2.75) is 6.92 Å². The second-order valence-corrected chi connectivity index (χ2v) is 4.83. The molecule has 0 spiro atoms. The molecule has 0 fully saturated rings. The Hall–Kier alpha value is -2.75. The van der Waals surface area contributed by atoms with Crippen LogP contribution in [0.25, 0.3) is 11.0 Å². The van der Waals surface area contributed by atoms with E-state index in [1.54, 1.807) is 37.4 Å². The third-order valence-corrected chi connectivity index (χ3v) is 3.25. The Morgan fingerprint density at radius 1 is 1.10 bits per heavy atom. The van der Waals surface area contributed by atoms with Crippen molar-refractivity contribution in [1.29, 1.82) is 0 Å². The standard InChI is InChI=1S/C17H15NO3/c1-11-3-4-12-10-16(21-15(12)9-11)17(19)18-13-5-7-14(20-2)8-6-13/h3-10H,1-2H3,(H,18,19). The van der Waals surface area contributed by atoms with Gasteiger partial charge in [0.25, 0.3) is 5.91 Å². The average Bonchev–Trinajstić information content (AvgIpc) is 2.91. The number of furan rings is 1. The van der Waals surface area contributed by atoms with Crippen molar-refractivity contribution in [3.8, 4) is 5.75 Å². The van der Waals surface area contributed by atoms with Gasteiger partial charge in [-0.2, -0.15) is 0 Å². The van der Waals surface area contributed by atoms with Gasteiger partial charge in [0.05, 0.1) is 7.11 Å². The number of nitrogens with one attached hydrogen (secondary N) is 1. The second kappa shape index (κ2) is 5.32. The summed E-state index contributed by atoms with van der Waals surface area (Å²) in [7, 11) is 1.60. The summed E-state index contributed by atoms with van der Waals surface area (Å²) >= 11 is 0. The topological polar surface area (TPSA) is 51.5 Å². The molecule has 4 heteroatoms. The Morgan fingerprint density at radius 3 is 2.57 bits per heavy atom. The molecule has 1 amide bonds. The average molecular weight is 281 g/mol. The van der Waals surface area contributed by atoms with E-state index in [4.69, 9.17) is 9.15 Å². The van der Waals surface area contributed by atoms with Crippen LogP contribution >= 0.6 is 0 Å². The lowest BCUT2D eigenvalue weighted by Gasteiger charge is -2.04. The van der Waals surface area contributed by atoms with E-state index in [9.17, 15) is 4.79 Å². The number of rotatable bonds is 3. The highest BCUT2D eigenvalue weighted by Gasteiger charge is 2.12. The smallest absolute Gasteiger partial charge is 0.291 e. The Kier molecular flexibility index (Phi) is 3.36. The molecule has 0 aliphatic carbocycles. The van der Waals surface area contributed by atoms with Gasteiger partial charge in [-0.05, 0) is 48.9 Å². The summed E-state index contributed by atoms with van der Waals surface area (Å²) in [6, 6.07) is 14.7. The minimum atomic E-state index is -0.269. The fourth-order valence-electron chi connectivity index (χ4n) is 2.12. The first kappa shape index (κ1) is 13.2. The van der Waals surface area contributed by atoms with Crippen molar-refractivity contribution in [3.05, 3.63) is 59.9 Å². The minimum absolute atomic E-state index is 0.269. The summed E-state index contributed by atoms with van der Waals surface area (Å²) in [5.41, 5.74) is 2.51. The van der Waals surface area contributed by atoms with E-state index in [1.165, 1.54) is 0 Å². The van der Waals surface area contributed by atoms with Gasteiger partial charge < -0.3 is 14.5 Å². The number of benzene rings is 2. The molecular formula is C17H15NO3. The monoisotopic (exact) mass is 281 g/mol. The zero-order valence-corrected chi connectivity index (χ0v) is 11.8. The number of hydrogen-bond acceptors (Lipinski definition) is 3. The van der Waals surface area contributed by atoms with E-state index in [0.717, 1.165) is 22.3 Å². The number of amides is 1. The molecule has 0 radical (unpaired) electrons. The van der Waals surface area contributed by atoms with Gasteiger partial charge in [0.1, 0.15) is 11.3 Å². The van der Waals surface area contributed by atoms with Gasteiger partial charge in [0.2, 0.25) is 0 Å². The maximum Gasteiger partial charge on any atom is 0.291 e. The van der Waals surface area contributed by atoms with E-state index < -0.39 is 0 Å². The van der Waals surface area contributed by atoms with Gasteiger partial charge in [-0.15, -0.1) is 0 Å². The highest BCUT2D eigenvalue weighted by Crippen LogP contribution is 2.22. The maximum absolute atomic E-state index is 12.2. The second-order valence-electron chi connectivity index (χ2n) is 4.83. The van der Waals surface area contributed by atoms with Gasteiger partial charge >= 0.3 is 0 Å². The first-order valence-corrected chi connectivity index (χ1v) is 6.61. The number of carbonyl (C=O) groups excluding carboxylic acids is 1. The highest BCUT2D eigenvalue weighted by molar-refractivity contribution is 6.04. The number of methoxy groups -OCH3 is 1. The van der Waals surface area contributed by atoms with Crippen LogP contribution in [0, 0.1) is 6.92 Å².